The number of allylic oxidation sites excluding steroid dienone is 2. The van der Waals surface area contributed by atoms with E-state index in [1.165, 1.54) is 19.9 Å². The lowest BCUT2D eigenvalue weighted by Crippen LogP contribution is -2.25. The van der Waals surface area contributed by atoms with Crippen LogP contribution in [0.4, 0.5) is 0 Å². The molecule has 8 heteroatoms. The van der Waals surface area contributed by atoms with Gasteiger partial charge in [-0.1, -0.05) is 36.4 Å². The summed E-state index contributed by atoms with van der Waals surface area (Å²) >= 11 is 0. The van der Waals surface area contributed by atoms with Crippen LogP contribution in [0.2, 0.25) is 0 Å². The Morgan fingerprint density at radius 3 is 2.32 bits per heavy atom. The zero-order valence-electron chi connectivity index (χ0n) is 19.6. The molecule has 1 N–H and O–H groups in total. The quantitative estimate of drug-likeness (QED) is 0.199. The van der Waals surface area contributed by atoms with Crippen LogP contribution in [-0.2, 0) is 28.7 Å². The first kappa shape index (κ1) is 26.8. The van der Waals surface area contributed by atoms with Gasteiger partial charge in [0.1, 0.15) is 18.0 Å². The summed E-state index contributed by atoms with van der Waals surface area (Å²) in [7, 11) is 0. The van der Waals surface area contributed by atoms with E-state index in [1.54, 1.807) is 18.2 Å². The van der Waals surface area contributed by atoms with E-state index in [4.69, 9.17) is 19.3 Å². The first-order valence-electron chi connectivity index (χ1n) is 11.4. The van der Waals surface area contributed by atoms with Crippen molar-refractivity contribution in [2.75, 3.05) is 6.61 Å². The van der Waals surface area contributed by atoms with Gasteiger partial charge in [0.05, 0.1) is 0 Å². The Morgan fingerprint density at radius 2 is 1.68 bits per heavy atom. The number of esters is 2. The second-order valence-electron chi connectivity index (χ2n) is 8.19. The fourth-order valence-corrected chi connectivity index (χ4v) is 4.03. The highest BCUT2D eigenvalue weighted by molar-refractivity contribution is 5.91. The lowest BCUT2D eigenvalue weighted by atomic mass is 9.89. The summed E-state index contributed by atoms with van der Waals surface area (Å²) in [6.45, 7) is 2.51. The number of ether oxygens (including phenoxy) is 3. The van der Waals surface area contributed by atoms with Crippen molar-refractivity contribution in [1.82, 2.24) is 0 Å². The molecule has 1 aromatic carbocycles. The van der Waals surface area contributed by atoms with Crippen molar-refractivity contribution < 1.29 is 38.5 Å². The van der Waals surface area contributed by atoms with Gasteiger partial charge in [-0.2, -0.15) is 0 Å². The number of carboxylic acid groups (broad SMARTS) is 1. The van der Waals surface area contributed by atoms with Crippen molar-refractivity contribution in [2.24, 2.45) is 11.8 Å². The van der Waals surface area contributed by atoms with Gasteiger partial charge in [0.25, 0.3) is 0 Å². The molecule has 0 aliphatic heterocycles. The minimum atomic E-state index is -0.838. The van der Waals surface area contributed by atoms with Crippen LogP contribution in [0.25, 0.3) is 0 Å². The van der Waals surface area contributed by atoms with Crippen LogP contribution in [0.5, 0.6) is 5.75 Å². The molecule has 0 amide bonds. The summed E-state index contributed by atoms with van der Waals surface area (Å²) in [5.41, 5.74) is 0. The zero-order valence-corrected chi connectivity index (χ0v) is 19.6. The van der Waals surface area contributed by atoms with Gasteiger partial charge in [0.2, 0.25) is 0 Å². The molecule has 34 heavy (non-hydrogen) atoms. The second kappa shape index (κ2) is 14.0. The number of benzene rings is 1. The third-order valence-corrected chi connectivity index (χ3v) is 5.47. The summed E-state index contributed by atoms with van der Waals surface area (Å²) < 4.78 is 16.5. The lowest BCUT2D eigenvalue weighted by Gasteiger charge is -2.22. The monoisotopic (exact) mass is 472 g/mol. The van der Waals surface area contributed by atoms with Crippen molar-refractivity contribution in [1.29, 1.82) is 0 Å². The number of aliphatic carboxylic acids is 1. The summed E-state index contributed by atoms with van der Waals surface area (Å²) in [6, 6.07) is 8.99. The molecule has 1 aliphatic carbocycles. The molecule has 1 saturated carbocycles. The maximum absolute atomic E-state index is 12.4. The third kappa shape index (κ3) is 9.60. The molecule has 0 spiro atoms. The van der Waals surface area contributed by atoms with E-state index in [0.717, 1.165) is 0 Å². The van der Waals surface area contributed by atoms with E-state index in [9.17, 15) is 19.2 Å². The summed E-state index contributed by atoms with van der Waals surface area (Å²) in [6.07, 6.45) is 8.01. The minimum absolute atomic E-state index is 0.0941. The van der Waals surface area contributed by atoms with E-state index in [0.29, 0.717) is 31.4 Å². The van der Waals surface area contributed by atoms with Gasteiger partial charge < -0.3 is 19.3 Å². The lowest BCUT2D eigenvalue weighted by molar-refractivity contribution is -0.149. The fraction of sp³-hybridized carbons (Fsp3) is 0.462. The number of carbonyl (C=O) groups is 4. The van der Waals surface area contributed by atoms with Crippen LogP contribution in [0.3, 0.4) is 0 Å². The Hall–Kier alpha value is -3.42. The number of ketones is 1. The Balaban J connectivity index is 2.09. The molecule has 1 fully saturated rings. The average Bonchev–Trinajstić information content (AvgIpc) is 3.08. The van der Waals surface area contributed by atoms with Crippen LogP contribution >= 0.6 is 0 Å². The van der Waals surface area contributed by atoms with Crippen LogP contribution in [0.15, 0.2) is 54.6 Å². The summed E-state index contributed by atoms with van der Waals surface area (Å²) in [4.78, 5) is 46.4. The van der Waals surface area contributed by atoms with Crippen LogP contribution < -0.4 is 4.74 Å². The van der Waals surface area contributed by atoms with Crippen LogP contribution in [0.1, 0.15) is 46.0 Å². The zero-order chi connectivity index (χ0) is 24.9. The predicted molar refractivity (Wildman–Crippen MR) is 124 cm³/mol. The van der Waals surface area contributed by atoms with Gasteiger partial charge in [0.15, 0.2) is 12.4 Å². The Morgan fingerprint density at radius 1 is 1.00 bits per heavy atom. The molecule has 4 atom stereocenters. The first-order chi connectivity index (χ1) is 16.3. The van der Waals surface area contributed by atoms with Gasteiger partial charge in [-0.25, -0.2) is 0 Å². The molecule has 0 unspecified atom stereocenters. The topological polar surface area (TPSA) is 116 Å². The fourth-order valence-electron chi connectivity index (χ4n) is 4.03. The normalized spacial score (nSPS) is 22.1. The predicted octanol–water partition coefficient (Wildman–Crippen LogP) is 3.89. The van der Waals surface area contributed by atoms with E-state index in [2.05, 4.69) is 0 Å². The van der Waals surface area contributed by atoms with Gasteiger partial charge in [0, 0.05) is 38.5 Å². The minimum Gasteiger partial charge on any atom is -0.485 e. The maximum atomic E-state index is 12.4. The molecule has 0 aromatic heterocycles. The molecule has 0 bridgehead atoms. The SMILES string of the molecule is CC(=O)O[C@@H]1C[C@@H](OC(C)=O)[C@H](C/C=C\CCCC(=O)O)[C@@H]1/C=C/C(=O)COc1ccccc1. The first-order valence-corrected chi connectivity index (χ1v) is 11.4. The highest BCUT2D eigenvalue weighted by Gasteiger charge is 2.45. The molecule has 1 aliphatic rings. The summed E-state index contributed by atoms with van der Waals surface area (Å²) in [5, 5.41) is 8.75. The Kier molecular flexibility index (Phi) is 11.0. The molecular formula is C26H32O8. The number of carbonyl (C=O) groups excluding carboxylic acids is 3. The number of hydrogen-bond donors (Lipinski definition) is 1. The third-order valence-electron chi connectivity index (χ3n) is 5.47. The van der Waals surface area contributed by atoms with E-state index >= 15 is 0 Å². The summed E-state index contributed by atoms with van der Waals surface area (Å²) in [5.74, 6) is -1.92. The number of hydrogen-bond acceptors (Lipinski definition) is 7. The highest BCUT2D eigenvalue weighted by atomic mass is 16.6. The van der Waals surface area contributed by atoms with E-state index < -0.39 is 30.1 Å². The molecule has 0 heterocycles. The van der Waals surface area contributed by atoms with Crippen molar-refractivity contribution in [3.05, 3.63) is 54.6 Å². The number of unbranched alkanes of at least 4 members (excludes halogenated alkanes) is 1. The highest BCUT2D eigenvalue weighted by Crippen LogP contribution is 2.40. The van der Waals surface area contributed by atoms with Gasteiger partial charge in [-0.3, -0.25) is 19.2 Å². The van der Waals surface area contributed by atoms with Crippen LogP contribution in [0, 0.1) is 11.8 Å². The van der Waals surface area contributed by atoms with Crippen LogP contribution in [-0.4, -0.2) is 47.6 Å². The van der Waals surface area contributed by atoms with Crippen molar-refractivity contribution >= 4 is 23.7 Å². The average molecular weight is 473 g/mol. The molecule has 1 aromatic rings. The van der Waals surface area contributed by atoms with Crippen molar-refractivity contribution in [3.63, 3.8) is 0 Å². The Bertz CT molecular complexity index is 889. The largest absolute Gasteiger partial charge is 0.485 e. The molecule has 8 nitrogen and oxygen atoms in total. The number of para-hydroxylation sites is 1. The van der Waals surface area contributed by atoms with E-state index in [-0.39, 0.29) is 30.6 Å². The number of rotatable bonds is 13. The standard InChI is InChI=1S/C26H32O8/c1-18(27)33-24-16-25(34-19(2)28)23(22(24)12-8-3-4-9-13-26(30)31)15-14-20(29)17-32-21-10-6-5-7-11-21/h3,5-8,10-11,14-15,22-25H,4,9,12-13,16-17H2,1-2H3,(H,30,31)/b8-3-,15-14+/t22-,23+,24-,25-/m1/s1. The van der Waals surface area contributed by atoms with Crippen molar-refractivity contribution in [2.45, 2.75) is 58.2 Å². The van der Waals surface area contributed by atoms with Crippen molar-refractivity contribution in [3.8, 4) is 5.75 Å². The maximum Gasteiger partial charge on any atom is 0.303 e. The van der Waals surface area contributed by atoms with E-state index in [1.807, 2.05) is 30.4 Å². The van der Waals surface area contributed by atoms with Gasteiger partial charge >= 0.3 is 17.9 Å². The molecular weight excluding hydrogens is 440 g/mol. The Labute approximate surface area is 199 Å². The molecule has 184 valence electrons. The molecule has 2 rings (SSSR count). The van der Waals surface area contributed by atoms with Gasteiger partial charge in [-0.05, 0) is 37.5 Å². The smallest absolute Gasteiger partial charge is 0.303 e. The second-order valence-corrected chi connectivity index (χ2v) is 8.19. The molecule has 0 radical (unpaired) electrons. The van der Waals surface area contributed by atoms with Gasteiger partial charge in [-0.15, -0.1) is 0 Å². The molecule has 0 saturated heterocycles. The number of carboxylic acids is 1.